The van der Waals surface area contributed by atoms with Gasteiger partial charge < -0.3 is 19.1 Å². The molecule has 0 unspecified atom stereocenters. The van der Waals surface area contributed by atoms with Crippen LogP contribution in [0.2, 0.25) is 0 Å². The Kier molecular flexibility index (Phi) is 7.45. The number of hydrogen-bond donors (Lipinski definition) is 0. The zero-order valence-corrected chi connectivity index (χ0v) is 22.8. The van der Waals surface area contributed by atoms with Gasteiger partial charge in [0.05, 0.1) is 12.0 Å². The van der Waals surface area contributed by atoms with Gasteiger partial charge >= 0.3 is 0 Å². The monoisotopic (exact) mass is 547 g/mol. The number of piperazine rings is 1. The van der Waals surface area contributed by atoms with Gasteiger partial charge in [0, 0.05) is 49.7 Å². The number of fused-ring (bicyclic) bond motifs is 1. The van der Waals surface area contributed by atoms with Crippen LogP contribution in [-0.2, 0) is 4.79 Å². The molecule has 1 saturated heterocycles. The van der Waals surface area contributed by atoms with E-state index in [1.807, 2.05) is 54.3 Å². The normalized spacial score (nSPS) is 13.7. The van der Waals surface area contributed by atoms with Crippen LogP contribution in [0, 0.1) is 5.82 Å². The van der Waals surface area contributed by atoms with Gasteiger partial charge in [0.2, 0.25) is 5.91 Å². The van der Waals surface area contributed by atoms with Crippen LogP contribution in [0.1, 0.15) is 12.5 Å². The number of halogens is 1. The van der Waals surface area contributed by atoms with E-state index in [2.05, 4.69) is 27.8 Å². The van der Waals surface area contributed by atoms with E-state index in [1.165, 1.54) is 12.1 Å². The van der Waals surface area contributed by atoms with Crippen molar-refractivity contribution in [3.63, 3.8) is 0 Å². The van der Waals surface area contributed by atoms with E-state index in [9.17, 15) is 9.18 Å². The zero-order valence-electron chi connectivity index (χ0n) is 22.8. The van der Waals surface area contributed by atoms with Crippen molar-refractivity contribution < 1.29 is 13.9 Å². The predicted octanol–water partition coefficient (Wildman–Crippen LogP) is 5.99. The van der Waals surface area contributed by atoms with Crippen LogP contribution in [0.3, 0.4) is 0 Å². The second-order valence-corrected chi connectivity index (χ2v) is 9.80. The SMILES string of the molecule is CCOc1ccc(-n2cc(-c3ccccc3)c3c(N4CCN(C(=O)/C=C/c5ccc(F)cc5)CC4)ncnc32)cc1. The average molecular weight is 548 g/mol. The molecule has 0 N–H and O–H groups in total. The molecule has 0 spiro atoms. The lowest BCUT2D eigenvalue weighted by Crippen LogP contribution is -2.48. The molecule has 5 aromatic rings. The van der Waals surface area contributed by atoms with Gasteiger partial charge in [0.15, 0.2) is 5.65 Å². The van der Waals surface area contributed by atoms with E-state index >= 15 is 0 Å². The summed E-state index contributed by atoms with van der Waals surface area (Å²) in [5, 5.41) is 0.976. The molecule has 0 atom stereocenters. The minimum Gasteiger partial charge on any atom is -0.494 e. The second kappa shape index (κ2) is 11.6. The van der Waals surface area contributed by atoms with E-state index in [0.717, 1.165) is 45.0 Å². The molecule has 0 radical (unpaired) electrons. The fourth-order valence-electron chi connectivity index (χ4n) is 5.17. The highest BCUT2D eigenvalue weighted by Gasteiger charge is 2.25. The maximum absolute atomic E-state index is 13.2. The van der Waals surface area contributed by atoms with Gasteiger partial charge in [-0.3, -0.25) is 4.79 Å². The number of nitrogens with zero attached hydrogens (tertiary/aromatic N) is 5. The van der Waals surface area contributed by atoms with Gasteiger partial charge in [-0.1, -0.05) is 42.5 Å². The first kappa shape index (κ1) is 26.3. The van der Waals surface area contributed by atoms with Crippen LogP contribution in [0.5, 0.6) is 5.75 Å². The van der Waals surface area contributed by atoms with Crippen molar-refractivity contribution in [1.82, 2.24) is 19.4 Å². The third-order valence-corrected chi connectivity index (χ3v) is 7.25. The quantitative estimate of drug-likeness (QED) is 0.234. The van der Waals surface area contributed by atoms with Crippen molar-refractivity contribution in [2.24, 2.45) is 0 Å². The third kappa shape index (κ3) is 5.54. The number of hydrogen-bond acceptors (Lipinski definition) is 5. The molecule has 1 fully saturated rings. The minimum atomic E-state index is -0.298. The van der Waals surface area contributed by atoms with Gasteiger partial charge in [0.1, 0.15) is 23.7 Å². The number of anilines is 1. The molecule has 1 aliphatic rings. The van der Waals surface area contributed by atoms with E-state index < -0.39 is 0 Å². The molecule has 6 rings (SSSR count). The van der Waals surface area contributed by atoms with Crippen molar-refractivity contribution in [2.45, 2.75) is 6.92 Å². The summed E-state index contributed by atoms with van der Waals surface area (Å²) in [6.45, 7) is 5.01. The number of aromatic nitrogens is 3. The lowest BCUT2D eigenvalue weighted by molar-refractivity contribution is -0.126. The van der Waals surface area contributed by atoms with Gasteiger partial charge in [-0.05, 0) is 60.5 Å². The lowest BCUT2D eigenvalue weighted by Gasteiger charge is -2.35. The van der Waals surface area contributed by atoms with Crippen molar-refractivity contribution in [1.29, 1.82) is 0 Å². The number of carbonyl (C=O) groups is 1. The third-order valence-electron chi connectivity index (χ3n) is 7.25. The Labute approximate surface area is 238 Å². The van der Waals surface area contributed by atoms with Crippen LogP contribution < -0.4 is 9.64 Å². The number of amides is 1. The van der Waals surface area contributed by atoms with Crippen LogP contribution in [-0.4, -0.2) is 58.1 Å². The summed E-state index contributed by atoms with van der Waals surface area (Å²) in [6.07, 6.45) is 7.00. The highest BCUT2D eigenvalue weighted by Crippen LogP contribution is 2.37. The molecule has 0 bridgehead atoms. The van der Waals surface area contributed by atoms with Crippen LogP contribution in [0.25, 0.3) is 33.9 Å². The highest BCUT2D eigenvalue weighted by molar-refractivity contribution is 6.02. The molecule has 1 amide bonds. The van der Waals surface area contributed by atoms with Crippen LogP contribution in [0.4, 0.5) is 10.2 Å². The summed E-state index contributed by atoms with van der Waals surface area (Å²) in [5.74, 6) is 1.32. The van der Waals surface area contributed by atoms with Gasteiger partial charge in [-0.2, -0.15) is 0 Å². The van der Waals surface area contributed by atoms with Crippen molar-refractivity contribution in [3.8, 4) is 22.6 Å². The molecular formula is C33H30FN5O2. The largest absolute Gasteiger partial charge is 0.494 e. The highest BCUT2D eigenvalue weighted by atomic mass is 19.1. The van der Waals surface area contributed by atoms with Gasteiger partial charge in [0.25, 0.3) is 0 Å². The molecule has 206 valence electrons. The fourth-order valence-corrected chi connectivity index (χ4v) is 5.17. The Balaban J connectivity index is 1.29. The summed E-state index contributed by atoms with van der Waals surface area (Å²) in [7, 11) is 0. The van der Waals surface area contributed by atoms with Crippen molar-refractivity contribution in [2.75, 3.05) is 37.7 Å². The molecule has 7 nitrogen and oxygen atoms in total. The van der Waals surface area contributed by atoms with E-state index in [0.29, 0.717) is 32.8 Å². The Hall–Kier alpha value is -4.98. The standard InChI is InChI=1S/C33H30FN5O2/c1-2-41-28-15-13-27(14-16-28)39-22-29(25-6-4-3-5-7-25)31-32(35-23-36-33(31)39)38-20-18-37(19-21-38)30(40)17-10-24-8-11-26(34)12-9-24/h3-17,22-23H,2,18-21H2,1H3/b17-10+. The Bertz CT molecular complexity index is 1670. The number of carbonyl (C=O) groups excluding carboxylic acids is 1. The van der Waals surface area contributed by atoms with Crippen LogP contribution >= 0.6 is 0 Å². The molecular weight excluding hydrogens is 517 g/mol. The molecule has 8 heteroatoms. The number of ether oxygens (including phenoxy) is 1. The molecule has 41 heavy (non-hydrogen) atoms. The summed E-state index contributed by atoms with van der Waals surface area (Å²) in [6, 6.07) is 24.3. The predicted molar refractivity (Wildman–Crippen MR) is 160 cm³/mol. The Morgan fingerprint density at radius 2 is 1.66 bits per heavy atom. The van der Waals surface area contributed by atoms with Crippen molar-refractivity contribution in [3.05, 3.63) is 109 Å². The summed E-state index contributed by atoms with van der Waals surface area (Å²) in [5.41, 5.74) is 4.71. The Morgan fingerprint density at radius 1 is 0.927 bits per heavy atom. The first-order chi connectivity index (χ1) is 20.1. The molecule has 3 heterocycles. The number of rotatable bonds is 7. The molecule has 0 saturated carbocycles. The number of benzene rings is 3. The molecule has 2 aromatic heterocycles. The van der Waals surface area contributed by atoms with E-state index in [1.54, 1.807) is 30.6 Å². The maximum atomic E-state index is 13.2. The summed E-state index contributed by atoms with van der Waals surface area (Å²) < 4.78 is 20.9. The Morgan fingerprint density at radius 3 is 2.37 bits per heavy atom. The zero-order chi connectivity index (χ0) is 28.2. The first-order valence-corrected chi connectivity index (χ1v) is 13.7. The molecule has 0 aliphatic carbocycles. The second-order valence-electron chi connectivity index (χ2n) is 9.80. The van der Waals surface area contributed by atoms with Crippen LogP contribution in [0.15, 0.2) is 97.5 Å². The van der Waals surface area contributed by atoms with E-state index in [4.69, 9.17) is 14.7 Å². The summed E-state index contributed by atoms with van der Waals surface area (Å²) in [4.78, 5) is 26.4. The minimum absolute atomic E-state index is 0.0616. The van der Waals surface area contributed by atoms with Gasteiger partial charge in [-0.15, -0.1) is 0 Å². The first-order valence-electron chi connectivity index (χ1n) is 13.7. The van der Waals surface area contributed by atoms with Gasteiger partial charge in [-0.25, -0.2) is 14.4 Å². The summed E-state index contributed by atoms with van der Waals surface area (Å²) >= 11 is 0. The topological polar surface area (TPSA) is 63.5 Å². The average Bonchev–Trinajstić information content (AvgIpc) is 3.42. The lowest BCUT2D eigenvalue weighted by atomic mass is 10.1. The fraction of sp³-hybridized carbons (Fsp3) is 0.182. The smallest absolute Gasteiger partial charge is 0.246 e. The maximum Gasteiger partial charge on any atom is 0.246 e. The molecule has 3 aromatic carbocycles. The van der Waals surface area contributed by atoms with E-state index in [-0.39, 0.29) is 11.7 Å². The molecule has 1 aliphatic heterocycles. The van der Waals surface area contributed by atoms with Crippen molar-refractivity contribution >= 4 is 28.8 Å².